The number of piperidine rings is 1. The molecule has 0 bridgehead atoms. The average molecular weight is 430 g/mol. The maximum Gasteiger partial charge on any atom is 0.255 e. The monoisotopic (exact) mass is 429 g/mol. The van der Waals surface area contributed by atoms with Crippen molar-refractivity contribution >= 4 is 33.5 Å². The summed E-state index contributed by atoms with van der Waals surface area (Å²) in [6, 6.07) is 11.7. The van der Waals surface area contributed by atoms with E-state index in [1.54, 1.807) is 0 Å². The quantitative estimate of drug-likeness (QED) is 0.749. The Kier molecular flexibility index (Phi) is 5.57. The molecule has 2 fully saturated rings. The normalized spacial score (nSPS) is 17.9. The molecule has 0 N–H and O–H groups in total. The third-order valence-corrected chi connectivity index (χ3v) is 6.00. The summed E-state index contributed by atoms with van der Waals surface area (Å²) < 4.78 is 0.844. The fraction of sp³-hybridized carbons (Fsp3) is 0.450. The molecule has 2 aliphatic heterocycles. The van der Waals surface area contributed by atoms with E-state index in [1.807, 2.05) is 29.2 Å². The number of benzene rings is 1. The lowest BCUT2D eigenvalue weighted by atomic mass is 10.1. The van der Waals surface area contributed by atoms with Gasteiger partial charge in [0.2, 0.25) is 0 Å². The summed E-state index contributed by atoms with van der Waals surface area (Å²) in [5, 5.41) is 8.88. The van der Waals surface area contributed by atoms with Crippen molar-refractivity contribution in [3.63, 3.8) is 0 Å². The number of nitrogens with zero attached hydrogens (tertiary/aromatic N) is 5. The summed E-state index contributed by atoms with van der Waals surface area (Å²) in [4.78, 5) is 19.2. The number of anilines is 2. The third-order valence-electron chi connectivity index (χ3n) is 5.31. The number of hydrogen-bond donors (Lipinski definition) is 0. The van der Waals surface area contributed by atoms with Crippen LogP contribution in [-0.4, -0.2) is 60.3 Å². The Hall–Kier alpha value is -2.15. The van der Waals surface area contributed by atoms with Gasteiger partial charge in [0, 0.05) is 43.7 Å². The molecule has 0 unspecified atom stereocenters. The molecule has 7 heteroatoms. The summed E-state index contributed by atoms with van der Waals surface area (Å²) in [6.07, 6.45) is 3.78. The van der Waals surface area contributed by atoms with E-state index in [4.69, 9.17) is 0 Å². The first-order chi connectivity index (χ1) is 13.2. The number of halogens is 1. The molecule has 3 heterocycles. The number of amides is 1. The molecular weight excluding hydrogens is 406 g/mol. The van der Waals surface area contributed by atoms with Gasteiger partial charge in [0.05, 0.1) is 5.56 Å². The van der Waals surface area contributed by atoms with E-state index in [-0.39, 0.29) is 5.91 Å². The van der Waals surface area contributed by atoms with Crippen molar-refractivity contribution in [2.24, 2.45) is 0 Å². The standard InChI is InChI=1S/C20H24BrN5O/c21-17-7-3-2-6-16(17)20(27)26-14-12-25(13-15-26)19-9-8-18(22-23-19)24-10-4-1-5-11-24/h2-3,6-9H,1,4-5,10-15H2. The van der Waals surface area contributed by atoms with Crippen molar-refractivity contribution in [1.29, 1.82) is 0 Å². The fourth-order valence-corrected chi connectivity index (χ4v) is 4.18. The highest BCUT2D eigenvalue weighted by Gasteiger charge is 2.24. The molecule has 142 valence electrons. The van der Waals surface area contributed by atoms with Crippen molar-refractivity contribution in [2.45, 2.75) is 19.3 Å². The van der Waals surface area contributed by atoms with Crippen LogP contribution in [0.5, 0.6) is 0 Å². The zero-order valence-corrected chi connectivity index (χ0v) is 16.9. The highest BCUT2D eigenvalue weighted by Crippen LogP contribution is 2.22. The molecule has 1 aromatic carbocycles. The molecule has 0 aliphatic carbocycles. The van der Waals surface area contributed by atoms with Crippen LogP contribution in [0.1, 0.15) is 29.6 Å². The minimum absolute atomic E-state index is 0.0775. The second-order valence-corrected chi connectivity index (χ2v) is 7.91. The molecule has 0 radical (unpaired) electrons. The van der Waals surface area contributed by atoms with E-state index in [1.165, 1.54) is 19.3 Å². The Morgan fingerprint density at radius 2 is 1.37 bits per heavy atom. The number of carbonyl (C=O) groups is 1. The smallest absolute Gasteiger partial charge is 0.255 e. The van der Waals surface area contributed by atoms with Crippen LogP contribution >= 0.6 is 15.9 Å². The Morgan fingerprint density at radius 1 is 0.778 bits per heavy atom. The molecule has 1 amide bonds. The maximum absolute atomic E-state index is 12.7. The van der Waals surface area contributed by atoms with Crippen LogP contribution in [-0.2, 0) is 0 Å². The lowest BCUT2D eigenvalue weighted by Gasteiger charge is -2.35. The average Bonchev–Trinajstić information content (AvgIpc) is 2.74. The Morgan fingerprint density at radius 3 is 1.96 bits per heavy atom. The van der Waals surface area contributed by atoms with Crippen LogP contribution in [0, 0.1) is 0 Å². The second-order valence-electron chi connectivity index (χ2n) is 7.06. The molecule has 2 aromatic rings. The predicted octanol–water partition coefficient (Wildman–Crippen LogP) is 3.19. The molecule has 0 saturated carbocycles. The highest BCUT2D eigenvalue weighted by atomic mass is 79.9. The highest BCUT2D eigenvalue weighted by molar-refractivity contribution is 9.10. The van der Waals surface area contributed by atoms with Gasteiger partial charge in [-0.05, 0) is 59.5 Å². The first-order valence-corrected chi connectivity index (χ1v) is 10.4. The van der Waals surface area contributed by atoms with Crippen molar-refractivity contribution in [1.82, 2.24) is 15.1 Å². The minimum atomic E-state index is 0.0775. The molecule has 1 aromatic heterocycles. The number of aromatic nitrogens is 2. The van der Waals surface area contributed by atoms with Gasteiger partial charge in [-0.1, -0.05) is 12.1 Å². The van der Waals surface area contributed by atoms with E-state index < -0.39 is 0 Å². The van der Waals surface area contributed by atoms with Crippen molar-refractivity contribution in [2.75, 3.05) is 49.1 Å². The second kappa shape index (κ2) is 8.25. The van der Waals surface area contributed by atoms with Crippen LogP contribution in [0.4, 0.5) is 11.6 Å². The van der Waals surface area contributed by atoms with Gasteiger partial charge in [0.1, 0.15) is 0 Å². The first kappa shape index (κ1) is 18.2. The zero-order chi connectivity index (χ0) is 18.6. The van der Waals surface area contributed by atoms with Crippen LogP contribution in [0.3, 0.4) is 0 Å². The fourth-order valence-electron chi connectivity index (χ4n) is 3.72. The van der Waals surface area contributed by atoms with Crippen LogP contribution in [0.25, 0.3) is 0 Å². The van der Waals surface area contributed by atoms with E-state index in [0.717, 1.165) is 47.9 Å². The Balaban J connectivity index is 1.36. The van der Waals surface area contributed by atoms with E-state index in [9.17, 15) is 4.79 Å². The molecule has 4 rings (SSSR count). The summed E-state index contributed by atoms with van der Waals surface area (Å²) in [6.45, 7) is 5.07. The molecule has 2 aliphatic rings. The number of rotatable bonds is 3. The van der Waals surface area contributed by atoms with Crippen molar-refractivity contribution in [3.8, 4) is 0 Å². The topological polar surface area (TPSA) is 52.6 Å². The molecule has 0 spiro atoms. The van der Waals surface area contributed by atoms with Crippen molar-refractivity contribution < 1.29 is 4.79 Å². The lowest BCUT2D eigenvalue weighted by Crippen LogP contribution is -2.49. The number of carbonyl (C=O) groups excluding carboxylic acids is 1. The van der Waals surface area contributed by atoms with Gasteiger partial charge in [0.25, 0.3) is 5.91 Å². The lowest BCUT2D eigenvalue weighted by molar-refractivity contribution is 0.0745. The van der Waals surface area contributed by atoms with Gasteiger partial charge in [-0.2, -0.15) is 0 Å². The number of hydrogen-bond acceptors (Lipinski definition) is 5. The van der Waals surface area contributed by atoms with E-state index >= 15 is 0 Å². The van der Waals surface area contributed by atoms with Gasteiger partial charge in [-0.3, -0.25) is 4.79 Å². The van der Waals surface area contributed by atoms with Gasteiger partial charge in [0.15, 0.2) is 11.6 Å². The molecular formula is C20H24BrN5O. The van der Waals surface area contributed by atoms with Crippen LogP contribution < -0.4 is 9.80 Å². The Bertz CT molecular complexity index is 783. The van der Waals surface area contributed by atoms with Crippen molar-refractivity contribution in [3.05, 3.63) is 46.4 Å². The summed E-state index contributed by atoms with van der Waals surface area (Å²) in [7, 11) is 0. The Labute approximate surface area is 168 Å². The predicted molar refractivity (Wildman–Crippen MR) is 110 cm³/mol. The van der Waals surface area contributed by atoms with Gasteiger partial charge >= 0.3 is 0 Å². The van der Waals surface area contributed by atoms with Gasteiger partial charge in [-0.25, -0.2) is 0 Å². The molecule has 2 saturated heterocycles. The molecule has 0 atom stereocenters. The summed E-state index contributed by atoms with van der Waals surface area (Å²) in [5.74, 6) is 1.94. The zero-order valence-electron chi connectivity index (χ0n) is 15.4. The van der Waals surface area contributed by atoms with Gasteiger partial charge in [-0.15, -0.1) is 10.2 Å². The third kappa shape index (κ3) is 4.08. The first-order valence-electron chi connectivity index (χ1n) is 9.60. The van der Waals surface area contributed by atoms with E-state index in [0.29, 0.717) is 13.1 Å². The minimum Gasteiger partial charge on any atom is -0.355 e. The maximum atomic E-state index is 12.7. The SMILES string of the molecule is O=C(c1ccccc1Br)N1CCN(c2ccc(N3CCCCC3)nn2)CC1. The van der Waals surface area contributed by atoms with Gasteiger partial charge < -0.3 is 14.7 Å². The summed E-state index contributed by atoms with van der Waals surface area (Å²) in [5.41, 5.74) is 0.719. The number of piperazine rings is 1. The van der Waals surface area contributed by atoms with E-state index in [2.05, 4.69) is 48.1 Å². The summed E-state index contributed by atoms with van der Waals surface area (Å²) >= 11 is 3.47. The van der Waals surface area contributed by atoms with Crippen LogP contribution in [0.2, 0.25) is 0 Å². The molecule has 27 heavy (non-hydrogen) atoms. The largest absolute Gasteiger partial charge is 0.355 e. The molecule has 6 nitrogen and oxygen atoms in total. The van der Waals surface area contributed by atoms with Crippen LogP contribution in [0.15, 0.2) is 40.9 Å².